The highest BCUT2D eigenvalue weighted by Crippen LogP contribution is 2.16. The van der Waals surface area contributed by atoms with Crippen LogP contribution in [0.1, 0.15) is 11.1 Å². The minimum absolute atomic E-state index is 0.109. The summed E-state index contributed by atoms with van der Waals surface area (Å²) < 4.78 is 0. The number of nitrogens with zero attached hydrogens (tertiary/aromatic N) is 2. The SMILES string of the molecule is N#CCc1ccc(NC(=O)SCc2cccnc2)cc1. The van der Waals surface area contributed by atoms with Crippen LogP contribution in [0.2, 0.25) is 0 Å². The van der Waals surface area contributed by atoms with E-state index in [-0.39, 0.29) is 5.24 Å². The van der Waals surface area contributed by atoms with E-state index in [2.05, 4.69) is 16.4 Å². The van der Waals surface area contributed by atoms with Crippen LogP contribution in [0.15, 0.2) is 48.8 Å². The van der Waals surface area contributed by atoms with Crippen molar-refractivity contribution in [1.82, 2.24) is 4.98 Å². The highest BCUT2D eigenvalue weighted by molar-refractivity contribution is 8.13. The number of nitrogens with one attached hydrogen (secondary N) is 1. The molecule has 1 aromatic heterocycles. The fraction of sp³-hybridized carbons (Fsp3) is 0.133. The molecule has 0 radical (unpaired) electrons. The Morgan fingerprint density at radius 3 is 2.70 bits per heavy atom. The van der Waals surface area contributed by atoms with E-state index in [1.165, 1.54) is 11.8 Å². The second kappa shape index (κ2) is 7.31. The number of anilines is 1. The molecule has 0 spiro atoms. The molecule has 0 fully saturated rings. The third-order valence-electron chi connectivity index (χ3n) is 2.58. The number of hydrogen-bond donors (Lipinski definition) is 1. The van der Waals surface area contributed by atoms with Crippen LogP contribution < -0.4 is 5.32 Å². The normalized spacial score (nSPS) is 9.75. The number of rotatable bonds is 4. The quantitative estimate of drug-likeness (QED) is 0.930. The lowest BCUT2D eigenvalue weighted by molar-refractivity contribution is 0.269. The molecular weight excluding hydrogens is 270 g/mol. The maximum absolute atomic E-state index is 11.8. The lowest BCUT2D eigenvalue weighted by Gasteiger charge is -2.05. The Kier molecular flexibility index (Phi) is 5.15. The highest BCUT2D eigenvalue weighted by atomic mass is 32.2. The molecule has 0 atom stereocenters. The van der Waals surface area contributed by atoms with Gasteiger partial charge in [0.15, 0.2) is 0 Å². The monoisotopic (exact) mass is 283 g/mol. The molecule has 0 saturated heterocycles. The largest absolute Gasteiger partial charge is 0.317 e. The van der Waals surface area contributed by atoms with E-state index < -0.39 is 0 Å². The number of carbonyl (C=O) groups excluding carboxylic acids is 1. The summed E-state index contributed by atoms with van der Waals surface area (Å²) in [5, 5.41) is 11.3. The van der Waals surface area contributed by atoms with E-state index in [1.807, 2.05) is 24.3 Å². The minimum atomic E-state index is -0.109. The molecule has 0 unspecified atom stereocenters. The van der Waals surface area contributed by atoms with Gasteiger partial charge >= 0.3 is 0 Å². The number of hydrogen-bond acceptors (Lipinski definition) is 4. The van der Waals surface area contributed by atoms with E-state index in [0.717, 1.165) is 16.8 Å². The number of carbonyl (C=O) groups is 1. The molecule has 0 bridgehead atoms. The third kappa shape index (κ3) is 4.41. The molecule has 0 saturated carbocycles. The molecule has 5 heteroatoms. The maximum Gasteiger partial charge on any atom is 0.283 e. The Balaban J connectivity index is 1.84. The van der Waals surface area contributed by atoms with Gasteiger partial charge in [-0.05, 0) is 29.3 Å². The summed E-state index contributed by atoms with van der Waals surface area (Å²) in [6.45, 7) is 0. The van der Waals surface area contributed by atoms with Crippen molar-refractivity contribution in [2.24, 2.45) is 0 Å². The van der Waals surface area contributed by atoms with Gasteiger partial charge in [0.2, 0.25) is 0 Å². The fourth-order valence-corrected chi connectivity index (χ4v) is 2.24. The van der Waals surface area contributed by atoms with Gasteiger partial charge in [0.1, 0.15) is 0 Å². The van der Waals surface area contributed by atoms with Crippen molar-refractivity contribution in [3.63, 3.8) is 0 Å². The molecule has 1 aromatic carbocycles. The third-order valence-corrected chi connectivity index (χ3v) is 3.42. The fourth-order valence-electron chi connectivity index (χ4n) is 1.58. The van der Waals surface area contributed by atoms with Crippen molar-refractivity contribution in [1.29, 1.82) is 5.26 Å². The molecular formula is C15H13N3OS. The van der Waals surface area contributed by atoms with Gasteiger partial charge in [-0.25, -0.2) is 0 Å². The summed E-state index contributed by atoms with van der Waals surface area (Å²) in [6.07, 6.45) is 3.83. The van der Waals surface area contributed by atoms with Gasteiger partial charge in [0, 0.05) is 23.8 Å². The topological polar surface area (TPSA) is 65.8 Å². The predicted octanol–water partition coefficient (Wildman–Crippen LogP) is 3.61. The highest BCUT2D eigenvalue weighted by Gasteiger charge is 2.04. The summed E-state index contributed by atoms with van der Waals surface area (Å²) >= 11 is 1.20. The maximum atomic E-state index is 11.8. The summed E-state index contributed by atoms with van der Waals surface area (Å²) in [6, 6.07) is 13.1. The van der Waals surface area contributed by atoms with Crippen molar-refractivity contribution in [3.05, 3.63) is 59.9 Å². The lowest BCUT2D eigenvalue weighted by atomic mass is 10.1. The summed E-state index contributed by atoms with van der Waals surface area (Å²) in [4.78, 5) is 15.8. The predicted molar refractivity (Wildman–Crippen MR) is 80.3 cm³/mol. The number of thioether (sulfide) groups is 1. The summed E-state index contributed by atoms with van der Waals surface area (Å²) in [7, 11) is 0. The zero-order chi connectivity index (χ0) is 14.2. The Morgan fingerprint density at radius 1 is 1.25 bits per heavy atom. The van der Waals surface area contributed by atoms with Crippen molar-refractivity contribution in [3.8, 4) is 6.07 Å². The molecule has 0 aliphatic carbocycles. The zero-order valence-electron chi connectivity index (χ0n) is 10.7. The Morgan fingerprint density at radius 2 is 2.05 bits per heavy atom. The van der Waals surface area contributed by atoms with E-state index >= 15 is 0 Å². The van der Waals surface area contributed by atoms with Crippen molar-refractivity contribution < 1.29 is 4.79 Å². The van der Waals surface area contributed by atoms with Crippen LogP contribution >= 0.6 is 11.8 Å². The van der Waals surface area contributed by atoms with E-state index in [4.69, 9.17) is 5.26 Å². The molecule has 2 rings (SSSR count). The molecule has 2 aromatic rings. The van der Waals surface area contributed by atoms with Crippen molar-refractivity contribution in [2.75, 3.05) is 5.32 Å². The molecule has 4 nitrogen and oxygen atoms in total. The van der Waals surface area contributed by atoms with Gasteiger partial charge < -0.3 is 5.32 Å². The van der Waals surface area contributed by atoms with E-state index in [9.17, 15) is 4.79 Å². The second-order valence-corrected chi connectivity index (χ2v) is 5.04. The lowest BCUT2D eigenvalue weighted by Crippen LogP contribution is -2.05. The smallest absolute Gasteiger partial charge is 0.283 e. The second-order valence-electron chi connectivity index (χ2n) is 4.09. The summed E-state index contributed by atoms with van der Waals surface area (Å²) in [5.41, 5.74) is 2.68. The van der Waals surface area contributed by atoms with Gasteiger partial charge in [-0.15, -0.1) is 0 Å². The first kappa shape index (κ1) is 14.1. The van der Waals surface area contributed by atoms with E-state index in [1.54, 1.807) is 24.5 Å². The molecule has 0 aliphatic rings. The molecule has 100 valence electrons. The van der Waals surface area contributed by atoms with Gasteiger partial charge in [-0.1, -0.05) is 30.0 Å². The van der Waals surface area contributed by atoms with Crippen LogP contribution in [0.5, 0.6) is 0 Å². The van der Waals surface area contributed by atoms with Crippen molar-refractivity contribution in [2.45, 2.75) is 12.2 Å². The Bertz CT molecular complexity index is 605. The summed E-state index contributed by atoms with van der Waals surface area (Å²) in [5.74, 6) is 0.589. The Hall–Kier alpha value is -2.32. The molecule has 0 aliphatic heterocycles. The number of nitriles is 1. The average molecular weight is 283 g/mol. The number of aromatic nitrogens is 1. The Labute approximate surface area is 121 Å². The van der Waals surface area contributed by atoms with Crippen LogP contribution in [0.3, 0.4) is 0 Å². The average Bonchev–Trinajstić information content (AvgIpc) is 2.49. The van der Waals surface area contributed by atoms with E-state index in [0.29, 0.717) is 12.2 Å². The van der Waals surface area contributed by atoms with Crippen LogP contribution in [-0.4, -0.2) is 10.2 Å². The molecule has 1 amide bonds. The standard InChI is InChI=1S/C15H13N3OS/c16-8-7-12-3-5-14(6-4-12)18-15(19)20-11-13-2-1-9-17-10-13/h1-6,9-10H,7,11H2,(H,18,19). The van der Waals surface area contributed by atoms with Gasteiger partial charge in [0.05, 0.1) is 12.5 Å². The molecule has 1 heterocycles. The first-order valence-corrected chi connectivity index (χ1v) is 7.05. The first-order valence-electron chi connectivity index (χ1n) is 6.06. The number of benzene rings is 1. The van der Waals surface area contributed by atoms with Crippen LogP contribution in [-0.2, 0) is 12.2 Å². The first-order chi connectivity index (χ1) is 9.78. The van der Waals surface area contributed by atoms with Gasteiger partial charge in [0.25, 0.3) is 5.24 Å². The zero-order valence-corrected chi connectivity index (χ0v) is 11.6. The van der Waals surface area contributed by atoms with Crippen LogP contribution in [0.25, 0.3) is 0 Å². The van der Waals surface area contributed by atoms with Gasteiger partial charge in [-0.2, -0.15) is 5.26 Å². The number of amides is 1. The van der Waals surface area contributed by atoms with Crippen molar-refractivity contribution >= 4 is 22.7 Å². The minimum Gasteiger partial charge on any atom is -0.317 e. The molecule has 20 heavy (non-hydrogen) atoms. The van der Waals surface area contributed by atoms with Crippen LogP contribution in [0, 0.1) is 11.3 Å². The number of pyridine rings is 1. The van der Waals surface area contributed by atoms with Crippen LogP contribution in [0.4, 0.5) is 10.5 Å². The van der Waals surface area contributed by atoms with Gasteiger partial charge in [-0.3, -0.25) is 9.78 Å². The molecule has 1 N–H and O–H groups in total.